The van der Waals surface area contributed by atoms with Gasteiger partial charge in [-0.05, 0) is 25.8 Å². The van der Waals surface area contributed by atoms with E-state index in [2.05, 4.69) is 20.4 Å². The largest absolute Gasteiger partial charge is 0.444 e. The van der Waals surface area contributed by atoms with Gasteiger partial charge in [-0.25, -0.2) is 9.97 Å². The Balaban J connectivity index is 1.56. The summed E-state index contributed by atoms with van der Waals surface area (Å²) in [4.78, 5) is 32.2. The summed E-state index contributed by atoms with van der Waals surface area (Å²) >= 11 is 0. The highest BCUT2D eigenvalue weighted by molar-refractivity contribution is 6.07. The molecule has 0 saturated carbocycles. The number of carbonyl (C=O) groups excluding carboxylic acids is 2. The third kappa shape index (κ3) is 4.06. The smallest absolute Gasteiger partial charge is 0.277 e. The van der Waals surface area contributed by atoms with E-state index in [1.165, 1.54) is 0 Å². The molecule has 1 aliphatic heterocycles. The number of hydrogen-bond acceptors (Lipinski definition) is 7. The third-order valence-corrected chi connectivity index (χ3v) is 4.68. The van der Waals surface area contributed by atoms with Crippen molar-refractivity contribution >= 4 is 17.5 Å². The van der Waals surface area contributed by atoms with Gasteiger partial charge in [0, 0.05) is 36.7 Å². The molecule has 11 heteroatoms. The zero-order chi connectivity index (χ0) is 21.3. The maximum atomic E-state index is 13.5. The highest BCUT2D eigenvalue weighted by Crippen LogP contribution is 2.25. The number of anilines is 1. The SMILES string of the molecule is Cc1cc(-c2nc(C(=O)Nc3cn(C4CCOCC4)nc3C(N)=O)co2)cc(F)n1. The molecule has 4 rings (SSSR count). The predicted octanol–water partition coefficient (Wildman–Crippen LogP) is 2.08. The topological polar surface area (TPSA) is 138 Å². The van der Waals surface area contributed by atoms with Crippen LogP contribution in [0, 0.1) is 12.9 Å². The van der Waals surface area contributed by atoms with Crippen LogP contribution in [-0.2, 0) is 4.74 Å². The Hall–Kier alpha value is -3.60. The molecule has 0 spiro atoms. The molecule has 1 aliphatic rings. The van der Waals surface area contributed by atoms with Crippen molar-refractivity contribution in [2.24, 2.45) is 5.73 Å². The number of aromatic nitrogens is 4. The fourth-order valence-electron chi connectivity index (χ4n) is 3.25. The summed E-state index contributed by atoms with van der Waals surface area (Å²) in [5.41, 5.74) is 6.29. The molecule has 4 heterocycles. The number of nitrogens with one attached hydrogen (secondary N) is 1. The Morgan fingerprint density at radius 3 is 2.73 bits per heavy atom. The molecule has 10 nitrogen and oxygen atoms in total. The Labute approximate surface area is 170 Å². The van der Waals surface area contributed by atoms with Crippen LogP contribution >= 0.6 is 0 Å². The Bertz CT molecular complexity index is 1080. The minimum atomic E-state index is -0.764. The maximum Gasteiger partial charge on any atom is 0.277 e. The summed E-state index contributed by atoms with van der Waals surface area (Å²) in [6.45, 7) is 2.81. The molecule has 0 aliphatic carbocycles. The lowest BCUT2D eigenvalue weighted by atomic mass is 10.1. The van der Waals surface area contributed by atoms with Gasteiger partial charge in [-0.15, -0.1) is 0 Å². The van der Waals surface area contributed by atoms with Crippen molar-refractivity contribution in [1.29, 1.82) is 0 Å². The first-order chi connectivity index (χ1) is 14.4. The van der Waals surface area contributed by atoms with Crippen LogP contribution in [0.3, 0.4) is 0 Å². The van der Waals surface area contributed by atoms with Crippen LogP contribution in [0.25, 0.3) is 11.5 Å². The minimum Gasteiger partial charge on any atom is -0.444 e. The van der Waals surface area contributed by atoms with E-state index in [0.717, 1.165) is 25.2 Å². The van der Waals surface area contributed by atoms with Crippen molar-refractivity contribution in [2.45, 2.75) is 25.8 Å². The fraction of sp³-hybridized carbons (Fsp3) is 0.316. The second-order valence-corrected chi connectivity index (χ2v) is 6.89. The molecule has 1 fully saturated rings. The van der Waals surface area contributed by atoms with E-state index in [0.29, 0.717) is 24.5 Å². The number of nitrogens with zero attached hydrogens (tertiary/aromatic N) is 4. The van der Waals surface area contributed by atoms with Gasteiger partial charge in [-0.3, -0.25) is 14.3 Å². The van der Waals surface area contributed by atoms with Crippen LogP contribution in [0.15, 0.2) is 29.0 Å². The Morgan fingerprint density at radius 1 is 1.27 bits per heavy atom. The normalized spacial score (nSPS) is 14.6. The van der Waals surface area contributed by atoms with E-state index in [-0.39, 0.29) is 29.0 Å². The zero-order valence-electron chi connectivity index (χ0n) is 16.1. The molecule has 0 bridgehead atoms. The number of nitrogens with two attached hydrogens (primary N) is 1. The molecule has 3 aromatic rings. The first kappa shape index (κ1) is 19.7. The Morgan fingerprint density at radius 2 is 2.03 bits per heavy atom. The lowest BCUT2D eigenvalue weighted by Crippen LogP contribution is -2.21. The van der Waals surface area contributed by atoms with E-state index in [1.54, 1.807) is 23.9 Å². The van der Waals surface area contributed by atoms with Crippen LogP contribution in [0.1, 0.15) is 45.6 Å². The van der Waals surface area contributed by atoms with E-state index in [1.807, 2.05) is 0 Å². The van der Waals surface area contributed by atoms with Crippen LogP contribution < -0.4 is 11.1 Å². The van der Waals surface area contributed by atoms with E-state index in [4.69, 9.17) is 14.9 Å². The lowest BCUT2D eigenvalue weighted by molar-refractivity contribution is 0.0661. The van der Waals surface area contributed by atoms with Crippen LogP contribution in [0.2, 0.25) is 0 Å². The van der Waals surface area contributed by atoms with Crippen LogP contribution in [0.4, 0.5) is 10.1 Å². The first-order valence-corrected chi connectivity index (χ1v) is 9.29. The van der Waals surface area contributed by atoms with Gasteiger partial charge in [-0.1, -0.05) is 0 Å². The van der Waals surface area contributed by atoms with E-state index in [9.17, 15) is 14.0 Å². The number of aryl methyl sites for hydroxylation is 1. The summed E-state index contributed by atoms with van der Waals surface area (Å²) in [7, 11) is 0. The highest BCUT2D eigenvalue weighted by atomic mass is 19.1. The summed E-state index contributed by atoms with van der Waals surface area (Å²) in [6, 6.07) is 2.79. The molecule has 0 unspecified atom stereocenters. The van der Waals surface area contributed by atoms with Crippen molar-refractivity contribution in [3.05, 3.63) is 47.6 Å². The van der Waals surface area contributed by atoms with Gasteiger partial charge in [0.05, 0.1) is 11.7 Å². The summed E-state index contributed by atoms with van der Waals surface area (Å²) in [5, 5.41) is 6.82. The number of ether oxygens (including phenoxy) is 1. The standard InChI is InChI=1S/C19H19FN6O4/c1-10-6-11(7-15(20)22-10)19-24-14(9-30-19)18(28)23-13-8-26(25-16(13)17(21)27)12-2-4-29-5-3-12/h6-9,12H,2-5H2,1H3,(H2,21,27)(H,23,28). The van der Waals surface area contributed by atoms with Crippen LogP contribution in [0.5, 0.6) is 0 Å². The van der Waals surface area contributed by atoms with Gasteiger partial charge in [-0.2, -0.15) is 9.49 Å². The number of oxazole rings is 1. The zero-order valence-corrected chi connectivity index (χ0v) is 16.1. The second-order valence-electron chi connectivity index (χ2n) is 6.89. The molecule has 0 atom stereocenters. The minimum absolute atomic E-state index is 0.0471. The Kier molecular flexibility index (Phi) is 5.27. The number of pyridine rings is 1. The average molecular weight is 414 g/mol. The van der Waals surface area contributed by atoms with Gasteiger partial charge >= 0.3 is 0 Å². The van der Waals surface area contributed by atoms with Crippen molar-refractivity contribution in [3.8, 4) is 11.5 Å². The summed E-state index contributed by atoms with van der Waals surface area (Å²) < 4.78 is 25.8. The molecule has 0 aromatic carbocycles. The van der Waals surface area contributed by atoms with Gasteiger partial charge in [0.1, 0.15) is 6.26 Å². The van der Waals surface area contributed by atoms with Gasteiger partial charge < -0.3 is 20.2 Å². The number of carbonyl (C=O) groups is 2. The van der Waals surface area contributed by atoms with Gasteiger partial charge in [0.15, 0.2) is 11.4 Å². The number of primary amides is 1. The number of hydrogen-bond donors (Lipinski definition) is 2. The van der Waals surface area contributed by atoms with Gasteiger partial charge in [0.25, 0.3) is 11.8 Å². The molecule has 3 aromatic heterocycles. The van der Waals surface area contributed by atoms with Gasteiger partial charge in [0.2, 0.25) is 11.8 Å². The molecule has 156 valence electrons. The maximum absolute atomic E-state index is 13.5. The second kappa shape index (κ2) is 8.03. The molecule has 2 amide bonds. The molecular formula is C19H19FN6O4. The molecular weight excluding hydrogens is 395 g/mol. The molecule has 1 saturated heterocycles. The van der Waals surface area contributed by atoms with E-state index >= 15 is 0 Å². The highest BCUT2D eigenvalue weighted by Gasteiger charge is 2.23. The third-order valence-electron chi connectivity index (χ3n) is 4.68. The fourth-order valence-corrected chi connectivity index (χ4v) is 3.25. The first-order valence-electron chi connectivity index (χ1n) is 9.29. The summed E-state index contributed by atoms with van der Waals surface area (Å²) in [6.07, 6.45) is 4.19. The average Bonchev–Trinajstić information content (AvgIpc) is 3.35. The monoisotopic (exact) mass is 414 g/mol. The van der Waals surface area contributed by atoms with Crippen molar-refractivity contribution in [1.82, 2.24) is 19.7 Å². The van der Waals surface area contributed by atoms with E-state index < -0.39 is 17.8 Å². The summed E-state index contributed by atoms with van der Waals surface area (Å²) in [5.74, 6) is -2.00. The number of halogens is 1. The number of rotatable bonds is 5. The van der Waals surface area contributed by atoms with Crippen molar-refractivity contribution < 1.29 is 23.1 Å². The number of amides is 2. The molecule has 0 radical (unpaired) electrons. The van der Waals surface area contributed by atoms with Crippen molar-refractivity contribution in [3.63, 3.8) is 0 Å². The van der Waals surface area contributed by atoms with Crippen LogP contribution in [-0.4, -0.2) is 44.8 Å². The lowest BCUT2D eigenvalue weighted by Gasteiger charge is -2.22. The predicted molar refractivity (Wildman–Crippen MR) is 102 cm³/mol. The molecule has 30 heavy (non-hydrogen) atoms. The molecule has 3 N–H and O–H groups in total. The quantitative estimate of drug-likeness (QED) is 0.610. The van der Waals surface area contributed by atoms with Crippen molar-refractivity contribution in [2.75, 3.05) is 18.5 Å².